The van der Waals surface area contributed by atoms with Gasteiger partial charge in [-0.25, -0.2) is 4.79 Å². The number of rotatable bonds is 8. The van der Waals surface area contributed by atoms with Crippen LogP contribution < -0.4 is 4.90 Å². The van der Waals surface area contributed by atoms with E-state index < -0.39 is 5.97 Å². The molecule has 1 saturated carbocycles. The Bertz CT molecular complexity index is 1510. The average molecular weight is 587 g/mol. The molecule has 9 nitrogen and oxygen atoms in total. The maximum atomic E-state index is 11.2. The molecular weight excluding hydrogens is 563 g/mol. The first-order chi connectivity index (χ1) is 19.0. The van der Waals surface area contributed by atoms with Crippen molar-refractivity contribution in [3.63, 3.8) is 0 Å². The molecule has 4 aromatic rings. The van der Waals surface area contributed by atoms with Gasteiger partial charge in [-0.15, -0.1) is 11.3 Å². The second-order valence-corrected chi connectivity index (χ2v) is 12.2. The van der Waals surface area contributed by atoms with Gasteiger partial charge in [0.1, 0.15) is 16.3 Å². The van der Waals surface area contributed by atoms with Crippen molar-refractivity contribution >= 4 is 46.5 Å². The number of benzene rings is 1. The number of halogens is 2. The fourth-order valence-electron chi connectivity index (χ4n) is 5.83. The molecule has 2 bridgehead atoms. The van der Waals surface area contributed by atoms with Crippen molar-refractivity contribution in [2.24, 2.45) is 0 Å². The lowest BCUT2D eigenvalue weighted by atomic mass is 9.99. The van der Waals surface area contributed by atoms with Gasteiger partial charge in [0.2, 0.25) is 0 Å². The zero-order chi connectivity index (χ0) is 26.7. The minimum Gasteiger partial charge on any atom is -0.477 e. The first kappa shape index (κ1) is 25.1. The van der Waals surface area contributed by atoms with Crippen LogP contribution in [0.15, 0.2) is 39.4 Å². The Kier molecular flexibility index (Phi) is 6.38. The van der Waals surface area contributed by atoms with E-state index in [0.717, 1.165) is 61.2 Å². The minimum absolute atomic E-state index is 0.0667. The molecule has 5 heterocycles. The number of carboxylic acid groups (broad SMARTS) is 1. The van der Waals surface area contributed by atoms with Crippen LogP contribution in [0.5, 0.6) is 0 Å². The number of carbonyl (C=O) groups is 1. The van der Waals surface area contributed by atoms with E-state index in [1.165, 1.54) is 0 Å². The second kappa shape index (κ2) is 9.92. The number of carboxylic acids is 1. The molecule has 1 aromatic carbocycles. The number of anilines is 1. The first-order valence-corrected chi connectivity index (χ1v) is 14.5. The Labute approximate surface area is 237 Å². The molecule has 12 heteroatoms. The van der Waals surface area contributed by atoms with Crippen LogP contribution >= 0.6 is 34.5 Å². The Morgan fingerprint density at radius 1 is 1.05 bits per heavy atom. The summed E-state index contributed by atoms with van der Waals surface area (Å²) < 4.78 is 17.8. The molecule has 0 spiro atoms. The Morgan fingerprint density at radius 2 is 1.79 bits per heavy atom. The number of fused-ring (bicyclic) bond motifs is 2. The van der Waals surface area contributed by atoms with E-state index in [2.05, 4.69) is 20.2 Å². The van der Waals surface area contributed by atoms with Crippen LogP contribution in [0, 0.1) is 0 Å². The van der Waals surface area contributed by atoms with Crippen LogP contribution in [0.2, 0.25) is 10.0 Å². The lowest BCUT2D eigenvalue weighted by molar-refractivity contribution is 0.0144. The summed E-state index contributed by atoms with van der Waals surface area (Å²) in [5.74, 6) is 1.16. The van der Waals surface area contributed by atoms with Gasteiger partial charge in [0.25, 0.3) is 11.8 Å². The van der Waals surface area contributed by atoms with Gasteiger partial charge in [-0.05, 0) is 67.9 Å². The first-order valence-electron chi connectivity index (χ1n) is 13.0. The molecule has 39 heavy (non-hydrogen) atoms. The highest BCUT2D eigenvalue weighted by Crippen LogP contribution is 2.47. The monoisotopic (exact) mass is 586 g/mol. The molecule has 1 N–H and O–H groups in total. The van der Waals surface area contributed by atoms with Gasteiger partial charge in [0.15, 0.2) is 0 Å². The number of hydrogen-bond donors (Lipinski definition) is 1. The summed E-state index contributed by atoms with van der Waals surface area (Å²) >= 11 is 14.1. The summed E-state index contributed by atoms with van der Waals surface area (Å²) in [6.45, 7) is 0.382. The van der Waals surface area contributed by atoms with Crippen LogP contribution in [0.3, 0.4) is 0 Å². The number of hydrogen-bond acceptors (Lipinski definition) is 9. The smallest absolute Gasteiger partial charge is 0.345 e. The van der Waals surface area contributed by atoms with Crippen LogP contribution in [-0.2, 0) is 11.3 Å². The number of piperidine rings is 1. The molecule has 2 aliphatic heterocycles. The number of nitrogens with zero attached hydrogens (tertiary/aromatic N) is 4. The second-order valence-electron chi connectivity index (χ2n) is 10.3. The van der Waals surface area contributed by atoms with E-state index in [1.54, 1.807) is 24.3 Å². The van der Waals surface area contributed by atoms with Crippen molar-refractivity contribution in [2.75, 3.05) is 4.90 Å². The van der Waals surface area contributed by atoms with Gasteiger partial charge in [-0.3, -0.25) is 0 Å². The molecule has 0 radical (unpaired) electrons. The molecule has 0 unspecified atom stereocenters. The van der Waals surface area contributed by atoms with Crippen molar-refractivity contribution < 1.29 is 23.7 Å². The van der Waals surface area contributed by atoms with Gasteiger partial charge in [0.05, 0.1) is 27.6 Å². The molecule has 3 aliphatic rings. The van der Waals surface area contributed by atoms with Crippen molar-refractivity contribution in [3.05, 3.63) is 56.6 Å². The summed E-state index contributed by atoms with van der Waals surface area (Å²) in [6.07, 6.45) is 5.96. The summed E-state index contributed by atoms with van der Waals surface area (Å²) in [4.78, 5) is 19.0. The Hall–Kier alpha value is -2.92. The van der Waals surface area contributed by atoms with Crippen molar-refractivity contribution in [1.82, 2.24) is 15.3 Å². The number of aromatic nitrogens is 3. The molecule has 2 saturated heterocycles. The number of thiophene rings is 1. The molecule has 3 aromatic heterocycles. The zero-order valence-electron chi connectivity index (χ0n) is 20.7. The van der Waals surface area contributed by atoms with E-state index in [9.17, 15) is 9.90 Å². The van der Waals surface area contributed by atoms with Gasteiger partial charge in [-0.1, -0.05) is 34.4 Å². The lowest BCUT2D eigenvalue weighted by Gasteiger charge is -2.37. The Balaban J connectivity index is 1.07. The third kappa shape index (κ3) is 4.63. The largest absolute Gasteiger partial charge is 0.477 e. The van der Waals surface area contributed by atoms with E-state index in [1.807, 2.05) is 6.07 Å². The molecule has 3 fully saturated rings. The van der Waals surface area contributed by atoms with Crippen molar-refractivity contribution in [2.45, 2.75) is 69.2 Å². The third-order valence-corrected chi connectivity index (χ3v) is 9.48. The number of ether oxygens (including phenoxy) is 1. The van der Waals surface area contributed by atoms with Gasteiger partial charge < -0.3 is 23.8 Å². The summed E-state index contributed by atoms with van der Waals surface area (Å²) in [6, 6.07) is 9.15. The van der Waals surface area contributed by atoms with Crippen LogP contribution in [0.1, 0.15) is 65.4 Å². The van der Waals surface area contributed by atoms with Gasteiger partial charge in [0, 0.05) is 29.1 Å². The highest BCUT2D eigenvalue weighted by Gasteiger charge is 2.44. The maximum absolute atomic E-state index is 11.2. The number of aromatic carboxylic acids is 1. The van der Waals surface area contributed by atoms with Crippen LogP contribution in [0.25, 0.3) is 22.0 Å². The van der Waals surface area contributed by atoms with E-state index >= 15 is 0 Å². The predicted octanol–water partition coefficient (Wildman–Crippen LogP) is 7.05. The summed E-state index contributed by atoms with van der Waals surface area (Å²) in [5, 5.41) is 18.9. The summed E-state index contributed by atoms with van der Waals surface area (Å²) in [7, 11) is 0. The van der Waals surface area contributed by atoms with Gasteiger partial charge >= 0.3 is 5.97 Å². The molecule has 7 rings (SSSR count). The quantitative estimate of drug-likeness (QED) is 0.232. The maximum Gasteiger partial charge on any atom is 0.345 e. The van der Waals surface area contributed by atoms with Crippen LogP contribution in [-0.4, -0.2) is 44.6 Å². The third-order valence-electron chi connectivity index (χ3n) is 7.79. The van der Waals surface area contributed by atoms with Crippen molar-refractivity contribution in [1.29, 1.82) is 0 Å². The van der Waals surface area contributed by atoms with Gasteiger partial charge in [-0.2, -0.15) is 4.98 Å². The molecule has 3 atom stereocenters. The zero-order valence-corrected chi connectivity index (χ0v) is 23.0. The minimum atomic E-state index is -0.969. The molecular formula is C27H24Cl2N4O5S. The fraction of sp³-hybridized carbons (Fsp3) is 0.407. The summed E-state index contributed by atoms with van der Waals surface area (Å²) in [5.41, 5.74) is 2.27. The highest BCUT2D eigenvalue weighted by molar-refractivity contribution is 7.17. The highest BCUT2D eigenvalue weighted by atomic mass is 35.5. The standard InChI is InChI=1S/C27H24Cl2N4O5S/c28-18-2-1-3-19(29)22(18)23-17(24(37-31-23)13-4-5-13)12-36-16-10-14-6-7-15(11-16)33(14)27-30-25(38-32-27)20-8-9-21(39-20)26(34)35/h1-3,8-9,13-16H,4-7,10-12H2,(H,34,35)/t14-,15+,16+. The van der Waals surface area contributed by atoms with E-state index in [-0.39, 0.29) is 23.1 Å². The molecule has 1 aliphatic carbocycles. The predicted molar refractivity (Wildman–Crippen MR) is 146 cm³/mol. The van der Waals surface area contributed by atoms with E-state index in [0.29, 0.717) is 50.5 Å². The molecule has 202 valence electrons. The van der Waals surface area contributed by atoms with Crippen molar-refractivity contribution in [3.8, 4) is 22.0 Å². The average Bonchev–Trinajstić information content (AvgIpc) is 3.25. The topological polar surface area (TPSA) is 115 Å². The fourth-order valence-corrected chi connectivity index (χ4v) is 7.17. The Morgan fingerprint density at radius 3 is 2.46 bits per heavy atom. The lowest BCUT2D eigenvalue weighted by Crippen LogP contribution is -2.46. The molecule has 0 amide bonds. The van der Waals surface area contributed by atoms with Crippen LogP contribution in [0.4, 0.5) is 5.95 Å². The van der Waals surface area contributed by atoms with E-state index in [4.69, 9.17) is 37.0 Å². The normalized spacial score (nSPS) is 22.5. The SMILES string of the molecule is O=C(O)c1ccc(-c2nc(N3[C@@H]4CC[C@H]3C[C@@H](OCc3c(-c5c(Cl)cccc5Cl)noc3C3CC3)C4)no2)s1.